The van der Waals surface area contributed by atoms with Crippen LogP contribution >= 0.6 is 23.1 Å². The second kappa shape index (κ2) is 7.70. The summed E-state index contributed by atoms with van der Waals surface area (Å²) < 4.78 is 0. The van der Waals surface area contributed by atoms with Crippen LogP contribution in [-0.2, 0) is 4.79 Å². The first kappa shape index (κ1) is 14.6. The van der Waals surface area contributed by atoms with Gasteiger partial charge in [-0.25, -0.2) is 0 Å². The van der Waals surface area contributed by atoms with Crippen LogP contribution in [0.3, 0.4) is 0 Å². The predicted octanol–water partition coefficient (Wildman–Crippen LogP) is 3.07. The number of thiophene rings is 1. The predicted molar refractivity (Wildman–Crippen MR) is 81.0 cm³/mol. The molecule has 0 radical (unpaired) electrons. The summed E-state index contributed by atoms with van der Waals surface area (Å²) in [4.78, 5) is 26.3. The number of hydrogen-bond donors (Lipinski definition) is 0. The van der Waals surface area contributed by atoms with Gasteiger partial charge in [-0.2, -0.15) is 11.8 Å². The van der Waals surface area contributed by atoms with Crippen molar-refractivity contribution >= 4 is 34.8 Å². The van der Waals surface area contributed by atoms with Crippen molar-refractivity contribution in [2.75, 3.05) is 24.6 Å². The van der Waals surface area contributed by atoms with Crippen LogP contribution < -0.4 is 0 Å². The topological polar surface area (TPSA) is 37.4 Å². The molecular formula is C14H19NO2S2. The highest BCUT2D eigenvalue weighted by Crippen LogP contribution is 2.15. The molecule has 1 fully saturated rings. The van der Waals surface area contributed by atoms with Gasteiger partial charge in [-0.05, 0) is 36.5 Å². The summed E-state index contributed by atoms with van der Waals surface area (Å²) in [7, 11) is 0. The van der Waals surface area contributed by atoms with E-state index in [4.69, 9.17) is 0 Å². The third-order valence-electron chi connectivity index (χ3n) is 3.17. The fraction of sp³-hybridized carbons (Fsp3) is 0.571. The Hall–Kier alpha value is -0.810. The Kier molecular flexibility index (Phi) is 5.92. The molecule has 5 heteroatoms. The molecule has 0 aromatic carbocycles. The summed E-state index contributed by atoms with van der Waals surface area (Å²) in [5.74, 6) is 1.93. The zero-order valence-electron chi connectivity index (χ0n) is 11.0. The zero-order valence-corrected chi connectivity index (χ0v) is 12.6. The summed E-state index contributed by atoms with van der Waals surface area (Å²) in [5.41, 5.74) is 0. The van der Waals surface area contributed by atoms with Crippen molar-refractivity contribution in [2.24, 2.45) is 0 Å². The lowest BCUT2D eigenvalue weighted by atomic mass is 10.2. The molecule has 2 rings (SSSR count). The molecule has 0 unspecified atom stereocenters. The standard InChI is InChI=1S/C14H19NO2S2/c16-12(13-6-4-10-19-13)5-3-9-18-11-14(17)15-7-1-2-8-15/h4,6,10H,1-3,5,7-9,11H2. The lowest BCUT2D eigenvalue weighted by molar-refractivity contribution is -0.127. The molecule has 1 aliphatic rings. The Morgan fingerprint density at radius 3 is 2.79 bits per heavy atom. The Bertz CT molecular complexity index is 411. The molecule has 0 spiro atoms. The maximum absolute atomic E-state index is 11.8. The maximum Gasteiger partial charge on any atom is 0.232 e. The second-order valence-corrected chi connectivity index (χ2v) is 6.70. The van der Waals surface area contributed by atoms with E-state index in [2.05, 4.69) is 0 Å². The van der Waals surface area contributed by atoms with Crippen molar-refractivity contribution in [1.29, 1.82) is 0 Å². The van der Waals surface area contributed by atoms with Crippen molar-refractivity contribution in [3.8, 4) is 0 Å². The van der Waals surface area contributed by atoms with Crippen molar-refractivity contribution in [1.82, 2.24) is 4.90 Å². The van der Waals surface area contributed by atoms with Gasteiger partial charge in [0, 0.05) is 19.5 Å². The monoisotopic (exact) mass is 297 g/mol. The highest BCUT2D eigenvalue weighted by atomic mass is 32.2. The van der Waals surface area contributed by atoms with Crippen molar-refractivity contribution < 1.29 is 9.59 Å². The van der Waals surface area contributed by atoms with Crippen molar-refractivity contribution in [2.45, 2.75) is 25.7 Å². The summed E-state index contributed by atoms with van der Waals surface area (Å²) in [5, 5.41) is 1.93. The number of carbonyl (C=O) groups is 2. The van der Waals surface area contributed by atoms with E-state index in [0.29, 0.717) is 12.2 Å². The number of amides is 1. The molecule has 0 atom stereocenters. The lowest BCUT2D eigenvalue weighted by Gasteiger charge is -2.14. The lowest BCUT2D eigenvalue weighted by Crippen LogP contribution is -2.29. The number of Topliss-reactive ketones (excluding diaryl/α,β-unsaturated/α-hetero) is 1. The molecule has 0 bridgehead atoms. The molecule has 1 aromatic rings. The number of rotatable bonds is 7. The van der Waals surface area contributed by atoms with E-state index in [9.17, 15) is 9.59 Å². The van der Waals surface area contributed by atoms with Crippen LogP contribution in [0.25, 0.3) is 0 Å². The van der Waals surface area contributed by atoms with E-state index in [1.165, 1.54) is 11.3 Å². The van der Waals surface area contributed by atoms with Crippen LogP contribution in [-0.4, -0.2) is 41.2 Å². The number of ketones is 1. The number of thioether (sulfide) groups is 1. The van der Waals surface area contributed by atoms with Crippen LogP contribution in [0.5, 0.6) is 0 Å². The quantitative estimate of drug-likeness (QED) is 0.573. The molecule has 3 nitrogen and oxygen atoms in total. The van der Waals surface area contributed by atoms with E-state index < -0.39 is 0 Å². The van der Waals surface area contributed by atoms with Crippen LogP contribution in [0.1, 0.15) is 35.4 Å². The number of hydrogen-bond acceptors (Lipinski definition) is 4. The van der Waals surface area contributed by atoms with Gasteiger partial charge in [0.15, 0.2) is 5.78 Å². The van der Waals surface area contributed by atoms with Gasteiger partial charge >= 0.3 is 0 Å². The molecular weight excluding hydrogens is 278 g/mol. The first-order valence-corrected chi connectivity index (χ1v) is 8.73. The summed E-state index contributed by atoms with van der Waals surface area (Å²) >= 11 is 3.15. The molecule has 104 valence electrons. The van der Waals surface area contributed by atoms with Crippen LogP contribution in [0.4, 0.5) is 0 Å². The molecule has 0 aliphatic carbocycles. The van der Waals surface area contributed by atoms with E-state index >= 15 is 0 Å². The highest BCUT2D eigenvalue weighted by Gasteiger charge is 2.17. The minimum atomic E-state index is 0.224. The number of nitrogens with zero attached hydrogens (tertiary/aromatic N) is 1. The number of likely N-dealkylation sites (tertiary alicyclic amines) is 1. The Morgan fingerprint density at radius 1 is 1.32 bits per heavy atom. The van der Waals surface area contributed by atoms with Gasteiger partial charge in [0.1, 0.15) is 0 Å². The second-order valence-electron chi connectivity index (χ2n) is 4.64. The van der Waals surface area contributed by atoms with Gasteiger partial charge in [-0.3, -0.25) is 9.59 Å². The molecule has 1 amide bonds. The largest absolute Gasteiger partial charge is 0.342 e. The maximum atomic E-state index is 11.8. The van der Waals surface area contributed by atoms with Gasteiger partial charge in [-0.1, -0.05) is 6.07 Å². The fourth-order valence-corrected chi connectivity index (χ4v) is 3.66. The molecule has 0 saturated carbocycles. The van der Waals surface area contributed by atoms with Crippen molar-refractivity contribution in [3.63, 3.8) is 0 Å². The zero-order chi connectivity index (χ0) is 13.5. The van der Waals surface area contributed by atoms with Crippen LogP contribution in [0, 0.1) is 0 Å². The van der Waals surface area contributed by atoms with E-state index in [1.54, 1.807) is 11.8 Å². The summed E-state index contributed by atoms with van der Waals surface area (Å²) in [6.07, 6.45) is 3.73. The molecule has 1 aliphatic heterocycles. The van der Waals surface area contributed by atoms with Gasteiger partial charge in [0.05, 0.1) is 10.6 Å². The Morgan fingerprint density at radius 2 is 2.11 bits per heavy atom. The average Bonchev–Trinajstić information content (AvgIpc) is 3.10. The van der Waals surface area contributed by atoms with Crippen LogP contribution in [0.15, 0.2) is 17.5 Å². The first-order valence-electron chi connectivity index (χ1n) is 6.69. The molecule has 0 N–H and O–H groups in total. The van der Waals surface area contributed by atoms with Gasteiger partial charge in [-0.15, -0.1) is 11.3 Å². The Labute approximate surface area is 122 Å². The minimum absolute atomic E-state index is 0.224. The molecule has 1 saturated heterocycles. The summed E-state index contributed by atoms with van der Waals surface area (Å²) in [6.45, 7) is 1.85. The van der Waals surface area contributed by atoms with Gasteiger partial charge < -0.3 is 4.90 Å². The SMILES string of the molecule is O=C(CCCSCC(=O)N1CCCC1)c1cccs1. The van der Waals surface area contributed by atoms with Gasteiger partial charge in [0.25, 0.3) is 0 Å². The minimum Gasteiger partial charge on any atom is -0.342 e. The molecule has 19 heavy (non-hydrogen) atoms. The van der Waals surface area contributed by atoms with E-state index in [0.717, 1.165) is 43.0 Å². The smallest absolute Gasteiger partial charge is 0.232 e. The third-order valence-corrected chi connectivity index (χ3v) is 5.11. The van der Waals surface area contributed by atoms with Gasteiger partial charge in [0.2, 0.25) is 5.91 Å². The Balaban J connectivity index is 1.54. The highest BCUT2D eigenvalue weighted by molar-refractivity contribution is 7.99. The fourth-order valence-electron chi connectivity index (χ4n) is 2.11. The molecule has 2 heterocycles. The third kappa shape index (κ3) is 4.66. The van der Waals surface area contributed by atoms with E-state index in [-0.39, 0.29) is 11.7 Å². The van der Waals surface area contributed by atoms with Crippen molar-refractivity contribution in [3.05, 3.63) is 22.4 Å². The summed E-state index contributed by atoms with van der Waals surface area (Å²) in [6, 6.07) is 3.78. The van der Waals surface area contributed by atoms with E-state index in [1.807, 2.05) is 22.4 Å². The average molecular weight is 297 g/mol. The van der Waals surface area contributed by atoms with Crippen LogP contribution in [0.2, 0.25) is 0 Å². The molecule has 1 aromatic heterocycles. The number of carbonyl (C=O) groups excluding carboxylic acids is 2. The normalized spacial score (nSPS) is 14.8. The first-order chi connectivity index (χ1) is 9.27.